The van der Waals surface area contributed by atoms with Crippen LogP contribution in [0.3, 0.4) is 0 Å². The van der Waals surface area contributed by atoms with E-state index >= 15 is 0 Å². The lowest BCUT2D eigenvalue weighted by Crippen LogP contribution is -2.59. The van der Waals surface area contributed by atoms with Crippen LogP contribution in [0.2, 0.25) is 5.15 Å². The number of hydrogen-bond acceptors (Lipinski definition) is 9. The quantitative estimate of drug-likeness (QED) is 0.346. The van der Waals surface area contributed by atoms with E-state index in [2.05, 4.69) is 26.7 Å². The van der Waals surface area contributed by atoms with Crippen molar-refractivity contribution in [3.05, 3.63) is 69.3 Å². The SMILES string of the molecule is Cc1cc2c(c([C@@H](C)Nc3ccc(Cl)nc3C(=O)NS(C)(=O)=O)c1)NC(N1CCC3(CCc4cn(C)nc43)CC1)N(C)C2=O. The number of nitrogens with one attached hydrogen (secondary N) is 3. The molecule has 1 aliphatic carbocycles. The lowest BCUT2D eigenvalue weighted by atomic mass is 9.76. The Bertz CT molecular complexity index is 1770. The van der Waals surface area contributed by atoms with Gasteiger partial charge in [0.1, 0.15) is 5.15 Å². The minimum Gasteiger partial charge on any atom is -0.377 e. The molecule has 6 rings (SSSR count). The number of benzene rings is 1. The molecular weight excluding hydrogens is 604 g/mol. The summed E-state index contributed by atoms with van der Waals surface area (Å²) in [6.07, 6.45) is 6.83. The molecule has 0 saturated carbocycles. The molecular formula is C30H37ClN8O4S. The number of pyridine rings is 1. The Labute approximate surface area is 262 Å². The molecule has 14 heteroatoms. The molecule has 1 unspecified atom stereocenters. The maximum absolute atomic E-state index is 13.8. The number of carbonyl (C=O) groups is 2. The molecule has 44 heavy (non-hydrogen) atoms. The molecule has 1 saturated heterocycles. The smallest absolute Gasteiger partial charge is 0.285 e. The first kappa shape index (κ1) is 30.4. The summed E-state index contributed by atoms with van der Waals surface area (Å²) in [5.74, 6) is -0.968. The van der Waals surface area contributed by atoms with Crippen LogP contribution in [0.1, 0.15) is 75.5 Å². The molecule has 3 aliphatic rings. The third kappa shape index (κ3) is 5.52. The van der Waals surface area contributed by atoms with Gasteiger partial charge in [-0.25, -0.2) is 18.1 Å². The van der Waals surface area contributed by atoms with Crippen molar-refractivity contribution in [2.45, 2.75) is 57.3 Å². The Balaban J connectivity index is 1.26. The van der Waals surface area contributed by atoms with Crippen LogP contribution in [0.25, 0.3) is 0 Å². The normalized spacial score (nSPS) is 20.2. The third-order valence-electron chi connectivity index (χ3n) is 9.08. The van der Waals surface area contributed by atoms with Crippen LogP contribution in [-0.2, 0) is 28.9 Å². The Morgan fingerprint density at radius 2 is 1.91 bits per heavy atom. The van der Waals surface area contributed by atoms with E-state index in [1.807, 2.05) is 49.5 Å². The number of rotatable bonds is 6. The molecule has 2 atom stereocenters. The standard InChI is InChI=1S/C30H37ClN8O4S/c1-17-14-20(18(2)32-22-6-7-23(31)33-25(22)27(40)36-44(5,42)43)24-21(15-17)28(41)38(4)29(34-24)39-12-10-30(11-13-39)9-8-19-16-37(3)35-26(19)30/h6-7,14-16,18,29,32,34H,8-13H2,1-5H3,(H,36,40)/t18-,29?/m1/s1. The maximum Gasteiger partial charge on any atom is 0.285 e. The van der Waals surface area contributed by atoms with Crippen molar-refractivity contribution in [1.82, 2.24) is 29.3 Å². The Morgan fingerprint density at radius 3 is 2.61 bits per heavy atom. The zero-order valence-corrected chi connectivity index (χ0v) is 27.0. The lowest BCUT2D eigenvalue weighted by molar-refractivity contribution is 0.0299. The van der Waals surface area contributed by atoms with E-state index in [9.17, 15) is 18.0 Å². The molecule has 234 valence electrons. The summed E-state index contributed by atoms with van der Waals surface area (Å²) < 4.78 is 27.3. The van der Waals surface area contributed by atoms with Crippen LogP contribution in [0.15, 0.2) is 30.5 Å². The molecule has 4 heterocycles. The fraction of sp³-hybridized carbons (Fsp3) is 0.467. The zero-order chi connectivity index (χ0) is 31.6. The second-order valence-corrected chi connectivity index (χ2v) is 14.4. The molecule has 3 N–H and O–H groups in total. The number of amides is 2. The van der Waals surface area contributed by atoms with E-state index < -0.39 is 22.0 Å². The van der Waals surface area contributed by atoms with Crippen molar-refractivity contribution in [2.24, 2.45) is 7.05 Å². The van der Waals surface area contributed by atoms with Crippen molar-refractivity contribution in [2.75, 3.05) is 37.0 Å². The molecule has 1 fully saturated rings. The average Bonchev–Trinajstić information content (AvgIpc) is 3.49. The van der Waals surface area contributed by atoms with Gasteiger partial charge < -0.3 is 15.5 Å². The van der Waals surface area contributed by atoms with Crippen LogP contribution < -0.4 is 15.4 Å². The second kappa shape index (κ2) is 11.0. The molecule has 1 spiro atoms. The van der Waals surface area contributed by atoms with Gasteiger partial charge in [-0.15, -0.1) is 0 Å². The molecule has 3 aromatic rings. The van der Waals surface area contributed by atoms with Crippen LogP contribution >= 0.6 is 11.6 Å². The van der Waals surface area contributed by atoms with Crippen molar-refractivity contribution >= 4 is 44.8 Å². The fourth-order valence-electron chi connectivity index (χ4n) is 6.94. The first-order valence-electron chi connectivity index (χ1n) is 14.7. The summed E-state index contributed by atoms with van der Waals surface area (Å²) in [7, 11) is -0.0106. The van der Waals surface area contributed by atoms with E-state index in [0.717, 1.165) is 61.8 Å². The largest absolute Gasteiger partial charge is 0.377 e. The van der Waals surface area contributed by atoms with E-state index in [4.69, 9.17) is 16.7 Å². The average molecular weight is 641 g/mol. The summed E-state index contributed by atoms with van der Waals surface area (Å²) in [6, 6.07) is 6.60. The fourth-order valence-corrected chi connectivity index (χ4v) is 7.53. The predicted molar refractivity (Wildman–Crippen MR) is 168 cm³/mol. The number of likely N-dealkylation sites (tertiary alicyclic amines) is 1. The van der Waals surface area contributed by atoms with Gasteiger partial charge in [0.15, 0.2) is 12.0 Å². The monoisotopic (exact) mass is 640 g/mol. The number of aryl methyl sites for hydroxylation is 3. The molecule has 0 radical (unpaired) electrons. The third-order valence-corrected chi connectivity index (χ3v) is 9.84. The highest BCUT2D eigenvalue weighted by molar-refractivity contribution is 7.89. The van der Waals surface area contributed by atoms with E-state index in [-0.39, 0.29) is 28.5 Å². The molecule has 2 aliphatic heterocycles. The minimum absolute atomic E-state index is 0.0492. The molecule has 12 nitrogen and oxygen atoms in total. The summed E-state index contributed by atoms with van der Waals surface area (Å²) in [4.78, 5) is 34.7. The van der Waals surface area contributed by atoms with Gasteiger partial charge in [-0.2, -0.15) is 5.10 Å². The molecule has 2 aromatic heterocycles. The highest BCUT2D eigenvalue weighted by atomic mass is 35.5. The number of aromatic nitrogens is 3. The number of halogens is 1. The van der Waals surface area contributed by atoms with Gasteiger partial charge in [0.25, 0.3) is 11.8 Å². The van der Waals surface area contributed by atoms with E-state index in [1.165, 1.54) is 17.3 Å². The van der Waals surface area contributed by atoms with Crippen molar-refractivity contribution in [1.29, 1.82) is 0 Å². The predicted octanol–water partition coefficient (Wildman–Crippen LogP) is 3.40. The number of carbonyl (C=O) groups excluding carboxylic acids is 2. The lowest BCUT2D eigenvalue weighted by Gasteiger charge is -2.47. The van der Waals surface area contributed by atoms with Gasteiger partial charge in [-0.05, 0) is 74.4 Å². The van der Waals surface area contributed by atoms with Crippen LogP contribution in [0.4, 0.5) is 11.4 Å². The highest BCUT2D eigenvalue weighted by Crippen LogP contribution is 2.46. The Kier molecular flexibility index (Phi) is 7.61. The highest BCUT2D eigenvalue weighted by Gasteiger charge is 2.46. The second-order valence-electron chi connectivity index (χ2n) is 12.3. The zero-order valence-electron chi connectivity index (χ0n) is 25.4. The number of nitrogens with zero attached hydrogens (tertiary/aromatic N) is 5. The van der Waals surface area contributed by atoms with E-state index in [0.29, 0.717) is 11.3 Å². The number of hydrogen-bond donors (Lipinski definition) is 3. The first-order valence-corrected chi connectivity index (χ1v) is 16.9. The molecule has 2 amide bonds. The number of sulfonamides is 1. The number of anilines is 2. The Hall–Kier alpha value is -3.68. The topological polar surface area (TPSA) is 142 Å². The summed E-state index contributed by atoms with van der Waals surface area (Å²) >= 11 is 6.06. The van der Waals surface area contributed by atoms with Gasteiger partial charge >= 0.3 is 0 Å². The minimum atomic E-state index is -3.82. The summed E-state index contributed by atoms with van der Waals surface area (Å²) in [6.45, 7) is 5.49. The van der Waals surface area contributed by atoms with Crippen LogP contribution in [0, 0.1) is 6.92 Å². The Morgan fingerprint density at radius 1 is 1.18 bits per heavy atom. The van der Waals surface area contributed by atoms with E-state index in [1.54, 1.807) is 11.0 Å². The van der Waals surface area contributed by atoms with Crippen LogP contribution in [-0.4, -0.2) is 77.5 Å². The maximum atomic E-state index is 13.8. The summed E-state index contributed by atoms with van der Waals surface area (Å²) in [5, 5.41) is 11.8. The van der Waals surface area contributed by atoms with Crippen molar-refractivity contribution in [3.8, 4) is 0 Å². The summed E-state index contributed by atoms with van der Waals surface area (Å²) in [5.41, 5.74) is 5.88. The van der Waals surface area contributed by atoms with Crippen molar-refractivity contribution in [3.63, 3.8) is 0 Å². The molecule has 1 aromatic carbocycles. The van der Waals surface area contributed by atoms with Gasteiger partial charge in [-0.3, -0.25) is 19.2 Å². The van der Waals surface area contributed by atoms with Gasteiger partial charge in [-0.1, -0.05) is 17.7 Å². The van der Waals surface area contributed by atoms with Gasteiger partial charge in [0.2, 0.25) is 10.0 Å². The van der Waals surface area contributed by atoms with Crippen LogP contribution in [0.5, 0.6) is 0 Å². The number of piperidine rings is 1. The first-order chi connectivity index (χ1) is 20.7. The van der Waals surface area contributed by atoms with Gasteiger partial charge in [0, 0.05) is 38.8 Å². The number of fused-ring (bicyclic) bond motifs is 3. The van der Waals surface area contributed by atoms with Gasteiger partial charge in [0.05, 0.1) is 34.9 Å². The molecule has 0 bridgehead atoms. The van der Waals surface area contributed by atoms with Crippen molar-refractivity contribution < 1.29 is 18.0 Å².